The summed E-state index contributed by atoms with van der Waals surface area (Å²) in [5.41, 5.74) is -2.00. The average molecular weight is 1110 g/mol. The number of hydrogen-bond acceptors (Lipinski definition) is 18. The number of carbonyl (C=O) groups is 1. The molecule has 2 aromatic rings. The Hall–Kier alpha value is -2.61. The van der Waals surface area contributed by atoms with Crippen molar-refractivity contribution in [2.45, 2.75) is 223 Å². The maximum absolute atomic E-state index is 15.0. The van der Waals surface area contributed by atoms with Crippen LogP contribution in [0.1, 0.15) is 143 Å². The first kappa shape index (κ1) is 63.6. The van der Waals surface area contributed by atoms with Gasteiger partial charge in [0.15, 0.2) is 12.6 Å². The van der Waals surface area contributed by atoms with E-state index in [1.54, 1.807) is 61.8 Å². The molecule has 4 fully saturated rings. The lowest BCUT2D eigenvalue weighted by Crippen LogP contribution is -2.61. The molecule has 0 saturated carbocycles. The SMILES string of the molecule is CC[C@H]1OC(=O)[C@H](C)[C@@H](O[C@H]2C[C@@](C)(OC)[C@@H](O)[C@H](C)O2)[C@H](C)[C@@H](O[C@@H]2O[C@H](C)C[C@H](N(C)CCc3cn([C@@H](CF)[C@H](OC)c4ccc(C5CCS(=O)CC5)cc4)nn3)[C@H]2O)[C@](C)(O)C[C@@H](C)CN(C)[C@H](C)[C@@H](O)[C@]1(C)O. The van der Waals surface area contributed by atoms with Crippen LogP contribution in [0.4, 0.5) is 4.39 Å². The largest absolute Gasteiger partial charge is 0.459 e. The van der Waals surface area contributed by atoms with Crippen LogP contribution in [0, 0.1) is 17.8 Å². The van der Waals surface area contributed by atoms with Crippen molar-refractivity contribution in [3.05, 3.63) is 47.3 Å². The molecule has 0 unspecified atom stereocenters. The summed E-state index contributed by atoms with van der Waals surface area (Å²) in [6.07, 6.45) is -6.23. The van der Waals surface area contributed by atoms with E-state index in [2.05, 4.69) is 22.4 Å². The van der Waals surface area contributed by atoms with Gasteiger partial charge in [0.25, 0.3) is 0 Å². The molecule has 1 aromatic heterocycles. The van der Waals surface area contributed by atoms with Crippen LogP contribution in [0.3, 0.4) is 0 Å². The molecule has 0 radical (unpaired) electrons. The monoisotopic (exact) mass is 1110 g/mol. The smallest absolute Gasteiger partial charge is 0.311 e. The van der Waals surface area contributed by atoms with Crippen LogP contribution in [0.5, 0.6) is 0 Å². The van der Waals surface area contributed by atoms with Gasteiger partial charge in [-0.15, -0.1) is 5.10 Å². The van der Waals surface area contributed by atoms with Crippen LogP contribution >= 0.6 is 0 Å². The molecule has 19 nitrogen and oxygen atoms in total. The molecule has 4 aliphatic heterocycles. The van der Waals surface area contributed by atoms with E-state index < -0.39 is 138 Å². The van der Waals surface area contributed by atoms with E-state index in [0.29, 0.717) is 49.0 Å². The molecule has 77 heavy (non-hydrogen) atoms. The topological polar surface area (TPSA) is 237 Å². The number of nitrogens with zero attached hydrogens (tertiary/aromatic N) is 5. The summed E-state index contributed by atoms with van der Waals surface area (Å²) in [5.74, 6) is -1.13. The number of aliphatic hydroxyl groups is 5. The molecule has 440 valence electrons. The second kappa shape index (κ2) is 27.0. The minimum absolute atomic E-state index is 0.0829. The fraction of sp³-hybridized carbons (Fsp3) is 0.839. The van der Waals surface area contributed by atoms with Crippen molar-refractivity contribution in [1.29, 1.82) is 0 Å². The van der Waals surface area contributed by atoms with E-state index in [-0.39, 0.29) is 25.2 Å². The van der Waals surface area contributed by atoms with E-state index >= 15 is 0 Å². The summed E-state index contributed by atoms with van der Waals surface area (Å²) >= 11 is 0. The molecular weight excluding hydrogens is 1020 g/mol. The molecule has 0 spiro atoms. The van der Waals surface area contributed by atoms with Crippen LogP contribution in [0.25, 0.3) is 0 Å². The third-order valence-electron chi connectivity index (χ3n) is 17.6. The number of methoxy groups -OCH3 is 2. The van der Waals surface area contributed by atoms with E-state index in [1.807, 2.05) is 49.9 Å². The number of esters is 1. The summed E-state index contributed by atoms with van der Waals surface area (Å²) in [6.45, 7) is 17.5. The zero-order chi connectivity index (χ0) is 56.9. The number of aliphatic hydroxyl groups excluding tert-OH is 3. The zero-order valence-electron chi connectivity index (χ0n) is 48.2. The van der Waals surface area contributed by atoms with Crippen molar-refractivity contribution in [2.24, 2.45) is 17.8 Å². The van der Waals surface area contributed by atoms with Crippen LogP contribution in [0.2, 0.25) is 0 Å². The van der Waals surface area contributed by atoms with Gasteiger partial charge in [0.2, 0.25) is 0 Å². The number of halogens is 1. The van der Waals surface area contributed by atoms with Gasteiger partial charge in [-0.25, -0.2) is 9.07 Å². The molecular formula is C56H94FN5O14S. The van der Waals surface area contributed by atoms with Crippen molar-refractivity contribution < 1.29 is 72.1 Å². The maximum Gasteiger partial charge on any atom is 0.311 e. The summed E-state index contributed by atoms with van der Waals surface area (Å²) in [4.78, 5) is 18.4. The fourth-order valence-electron chi connectivity index (χ4n) is 12.6. The zero-order valence-corrected chi connectivity index (χ0v) is 49.0. The summed E-state index contributed by atoms with van der Waals surface area (Å²) in [7, 11) is 6.01. The maximum atomic E-state index is 15.0. The Kier molecular flexibility index (Phi) is 22.3. The lowest BCUT2D eigenvalue weighted by atomic mass is 9.77. The Morgan fingerprint density at radius 3 is 2.23 bits per heavy atom. The van der Waals surface area contributed by atoms with Gasteiger partial charge < -0.3 is 68.5 Å². The van der Waals surface area contributed by atoms with E-state index in [4.69, 9.17) is 33.2 Å². The molecule has 0 amide bonds. The van der Waals surface area contributed by atoms with E-state index in [0.717, 1.165) is 18.4 Å². The highest BCUT2D eigenvalue weighted by molar-refractivity contribution is 7.85. The Morgan fingerprint density at radius 2 is 1.62 bits per heavy atom. The fourth-order valence-corrected chi connectivity index (χ4v) is 13.9. The molecule has 0 aliphatic carbocycles. The normalized spacial score (nSPS) is 41.3. The molecule has 5 heterocycles. The van der Waals surface area contributed by atoms with Gasteiger partial charge in [0, 0.05) is 86.7 Å². The van der Waals surface area contributed by atoms with E-state index in [1.165, 1.54) is 24.3 Å². The van der Waals surface area contributed by atoms with Gasteiger partial charge in [0.1, 0.15) is 48.8 Å². The second-order valence-electron chi connectivity index (χ2n) is 23.8. The number of cyclic esters (lactones) is 1. The predicted molar refractivity (Wildman–Crippen MR) is 288 cm³/mol. The summed E-state index contributed by atoms with van der Waals surface area (Å²) < 4.78 is 72.7. The van der Waals surface area contributed by atoms with E-state index in [9.17, 15) is 38.9 Å². The number of hydrogen-bond donors (Lipinski definition) is 5. The number of benzene rings is 1. The predicted octanol–water partition coefficient (Wildman–Crippen LogP) is 4.63. The van der Waals surface area contributed by atoms with Crippen molar-refractivity contribution in [3.63, 3.8) is 0 Å². The molecule has 0 bridgehead atoms. The molecule has 6 rings (SSSR count). The van der Waals surface area contributed by atoms with Crippen molar-refractivity contribution in [2.75, 3.05) is 59.6 Å². The molecule has 4 aliphatic rings. The number of aromatic nitrogens is 3. The van der Waals surface area contributed by atoms with Gasteiger partial charge in [0.05, 0.1) is 47.2 Å². The number of ether oxygens (including phenoxy) is 7. The van der Waals surface area contributed by atoms with Crippen LogP contribution in [-0.4, -0.2) is 210 Å². The standard InChI is InChI=1S/C56H94FN5O14S/c1-15-44-56(10,68)49(64)36(6)61(12)30-32(2)27-54(8,67)51(34(4)47(35(5)52(66)74-44)75-45-28-55(9,71-14)50(65)37(7)73-45)76-53-46(63)42(26-33(3)72-53)60(11)23-20-41-31-62(59-58-41)43(29-57)48(70-13)40-18-16-38(17-19-40)39-21-24-77(69)25-22-39/h16-19,31-37,39,42-51,53,63-65,67-68H,15,20-30H2,1-14H3/t32-,33-,34+,35-,36-,37+,39?,42+,43+,44-,45+,46-,47+,48-,49-,50+,51-,53+,54-,55-,56-,77?/m1/s1. The summed E-state index contributed by atoms with van der Waals surface area (Å²) in [6, 6.07) is 6.17. The lowest BCUT2D eigenvalue weighted by molar-refractivity contribution is -0.318. The Morgan fingerprint density at radius 1 is 0.961 bits per heavy atom. The first-order valence-corrected chi connectivity index (χ1v) is 29.4. The van der Waals surface area contributed by atoms with Gasteiger partial charge in [-0.3, -0.25) is 9.00 Å². The third kappa shape index (κ3) is 14.9. The van der Waals surface area contributed by atoms with Gasteiger partial charge in [-0.1, -0.05) is 50.3 Å². The van der Waals surface area contributed by atoms with Crippen LogP contribution < -0.4 is 0 Å². The minimum Gasteiger partial charge on any atom is -0.459 e. The Labute approximate surface area is 459 Å². The summed E-state index contributed by atoms with van der Waals surface area (Å²) in [5, 5.41) is 68.7. The van der Waals surface area contributed by atoms with Crippen molar-refractivity contribution in [3.8, 4) is 0 Å². The number of alkyl halides is 1. The van der Waals surface area contributed by atoms with Crippen molar-refractivity contribution >= 4 is 16.8 Å². The molecule has 4 saturated heterocycles. The molecule has 20 atom stereocenters. The molecule has 1 aromatic carbocycles. The highest BCUT2D eigenvalue weighted by atomic mass is 32.2. The second-order valence-corrected chi connectivity index (χ2v) is 25.5. The van der Waals surface area contributed by atoms with Gasteiger partial charge in [-0.05, 0) is 118 Å². The molecule has 5 N–H and O–H groups in total. The molecule has 21 heteroatoms. The van der Waals surface area contributed by atoms with Gasteiger partial charge >= 0.3 is 5.97 Å². The minimum atomic E-state index is -1.85. The quantitative estimate of drug-likeness (QED) is 0.144. The third-order valence-corrected chi connectivity index (χ3v) is 19.0. The first-order chi connectivity index (χ1) is 36.2. The Bertz CT molecular complexity index is 2190. The first-order valence-electron chi connectivity index (χ1n) is 27.9. The number of rotatable bonds is 16. The number of likely N-dealkylation sites (N-methyl/N-ethyl adjacent to an activating group) is 2. The highest BCUT2D eigenvalue weighted by Crippen LogP contribution is 2.41. The average Bonchev–Trinajstić information content (AvgIpc) is 3.87. The lowest BCUT2D eigenvalue weighted by Gasteiger charge is -2.49. The Balaban J connectivity index is 1.24. The van der Waals surface area contributed by atoms with Crippen LogP contribution in [-0.2, 0) is 55.2 Å². The van der Waals surface area contributed by atoms with Crippen LogP contribution in [0.15, 0.2) is 30.5 Å². The number of carbonyl (C=O) groups excluding carboxylic acids is 1. The highest BCUT2D eigenvalue weighted by Gasteiger charge is 2.53. The van der Waals surface area contributed by atoms with Crippen molar-refractivity contribution in [1.82, 2.24) is 24.8 Å². The van der Waals surface area contributed by atoms with Gasteiger partial charge in [-0.2, -0.15) is 0 Å².